The molecule has 0 unspecified atom stereocenters. The fourth-order valence-corrected chi connectivity index (χ4v) is 4.13. The molecule has 20 heavy (non-hydrogen) atoms. The van der Waals surface area contributed by atoms with Crippen LogP contribution in [0.1, 0.15) is 33.1 Å². The van der Waals surface area contributed by atoms with Gasteiger partial charge in [-0.2, -0.15) is 4.31 Å². The molecule has 0 saturated carbocycles. The van der Waals surface area contributed by atoms with Crippen LogP contribution in [0.5, 0.6) is 0 Å². The zero-order valence-corrected chi connectivity index (χ0v) is 13.2. The summed E-state index contributed by atoms with van der Waals surface area (Å²) in [6.07, 6.45) is 5.94. The topological polar surface area (TPSA) is 62.3 Å². The van der Waals surface area contributed by atoms with Crippen LogP contribution in [0.2, 0.25) is 0 Å². The predicted octanol–water partition coefficient (Wildman–Crippen LogP) is 2.32. The first-order chi connectivity index (χ1) is 9.43. The Morgan fingerprint density at radius 2 is 2.05 bits per heavy atom. The molecule has 1 N–H and O–H groups in total. The third-order valence-electron chi connectivity index (χ3n) is 4.45. The normalized spacial score (nSPS) is 19.8. The minimum absolute atomic E-state index is 0.266. The standard InChI is InChI=1S/C14H23N3O2S/c1-4-14(2)6-9-17(10-7-14)20(18,19)13-11-16-8-5-12(13)15-3/h5,8,11H,4,6-7,9-10H2,1-3H3,(H,15,16). The van der Waals surface area contributed by atoms with Crippen molar-refractivity contribution in [2.45, 2.75) is 38.0 Å². The van der Waals surface area contributed by atoms with Gasteiger partial charge >= 0.3 is 0 Å². The lowest BCUT2D eigenvalue weighted by Crippen LogP contribution is -2.42. The summed E-state index contributed by atoms with van der Waals surface area (Å²) in [6, 6.07) is 1.69. The van der Waals surface area contributed by atoms with Gasteiger partial charge in [0.05, 0.1) is 5.69 Å². The summed E-state index contributed by atoms with van der Waals surface area (Å²) in [5, 5.41) is 2.92. The van der Waals surface area contributed by atoms with Crippen LogP contribution in [0.3, 0.4) is 0 Å². The van der Waals surface area contributed by atoms with E-state index in [4.69, 9.17) is 0 Å². The molecule has 0 atom stereocenters. The Morgan fingerprint density at radius 3 is 2.60 bits per heavy atom. The van der Waals surface area contributed by atoms with E-state index in [9.17, 15) is 8.42 Å². The average Bonchev–Trinajstić information content (AvgIpc) is 2.47. The summed E-state index contributed by atoms with van der Waals surface area (Å²) >= 11 is 0. The Hall–Kier alpha value is -1.14. The van der Waals surface area contributed by atoms with Gasteiger partial charge in [0.1, 0.15) is 4.90 Å². The van der Waals surface area contributed by atoms with Crippen molar-refractivity contribution in [2.24, 2.45) is 5.41 Å². The molecule has 5 nitrogen and oxygen atoms in total. The molecule has 0 spiro atoms. The van der Waals surface area contributed by atoms with E-state index in [0.717, 1.165) is 19.3 Å². The summed E-state index contributed by atoms with van der Waals surface area (Å²) < 4.78 is 27.0. The average molecular weight is 297 g/mol. The molecule has 2 rings (SSSR count). The van der Waals surface area contributed by atoms with Gasteiger partial charge in [-0.25, -0.2) is 8.42 Å². The number of hydrogen-bond acceptors (Lipinski definition) is 4. The number of pyridine rings is 1. The number of sulfonamides is 1. The Balaban J connectivity index is 2.24. The van der Waals surface area contributed by atoms with Crippen LogP contribution in [0.25, 0.3) is 0 Å². The number of nitrogens with one attached hydrogen (secondary N) is 1. The van der Waals surface area contributed by atoms with E-state index in [0.29, 0.717) is 18.8 Å². The van der Waals surface area contributed by atoms with Gasteiger partial charge in [-0.15, -0.1) is 0 Å². The van der Waals surface area contributed by atoms with Crippen LogP contribution in [-0.2, 0) is 10.0 Å². The second-order valence-electron chi connectivity index (χ2n) is 5.69. The Kier molecular flexibility index (Phi) is 4.34. The van der Waals surface area contributed by atoms with E-state index in [-0.39, 0.29) is 10.3 Å². The minimum atomic E-state index is -3.45. The van der Waals surface area contributed by atoms with Crippen molar-refractivity contribution in [1.29, 1.82) is 0 Å². The van der Waals surface area contributed by atoms with E-state index in [1.54, 1.807) is 23.6 Å². The molecule has 112 valence electrons. The Labute approximate surface area is 121 Å². The molecule has 0 aromatic carbocycles. The molecule has 1 saturated heterocycles. The molecule has 1 aromatic heterocycles. The maximum Gasteiger partial charge on any atom is 0.246 e. The molecular weight excluding hydrogens is 274 g/mol. The predicted molar refractivity (Wildman–Crippen MR) is 80.2 cm³/mol. The van der Waals surface area contributed by atoms with Gasteiger partial charge in [0, 0.05) is 32.5 Å². The second kappa shape index (κ2) is 5.69. The van der Waals surface area contributed by atoms with Crippen molar-refractivity contribution in [1.82, 2.24) is 9.29 Å². The zero-order chi connectivity index (χ0) is 14.8. The smallest absolute Gasteiger partial charge is 0.246 e. The molecule has 0 aliphatic carbocycles. The van der Waals surface area contributed by atoms with Crippen LogP contribution in [0.15, 0.2) is 23.4 Å². The maximum absolute atomic E-state index is 12.7. The van der Waals surface area contributed by atoms with Crippen LogP contribution < -0.4 is 5.32 Å². The number of anilines is 1. The van der Waals surface area contributed by atoms with Crippen LogP contribution in [-0.4, -0.2) is 37.8 Å². The number of hydrogen-bond donors (Lipinski definition) is 1. The third-order valence-corrected chi connectivity index (χ3v) is 6.38. The SMILES string of the molecule is CCC1(C)CCN(S(=O)(=O)c2cnccc2NC)CC1. The number of rotatable bonds is 4. The zero-order valence-electron chi connectivity index (χ0n) is 12.4. The first-order valence-corrected chi connectivity index (χ1v) is 8.49. The van der Waals surface area contributed by atoms with Gasteiger partial charge in [0.2, 0.25) is 10.0 Å². The summed E-state index contributed by atoms with van der Waals surface area (Å²) in [5.41, 5.74) is 0.871. The molecule has 1 aliphatic rings. The van der Waals surface area contributed by atoms with Gasteiger partial charge < -0.3 is 5.32 Å². The first-order valence-electron chi connectivity index (χ1n) is 7.05. The highest BCUT2D eigenvalue weighted by molar-refractivity contribution is 7.89. The number of aromatic nitrogens is 1. The van der Waals surface area contributed by atoms with Gasteiger partial charge in [0.25, 0.3) is 0 Å². The summed E-state index contributed by atoms with van der Waals surface area (Å²) in [6.45, 7) is 5.58. The molecule has 0 amide bonds. The quantitative estimate of drug-likeness (QED) is 0.926. The van der Waals surface area contributed by atoms with Gasteiger partial charge in [0.15, 0.2) is 0 Å². The molecule has 2 heterocycles. The largest absolute Gasteiger partial charge is 0.387 e. The molecule has 6 heteroatoms. The Bertz CT molecular complexity index is 564. The van der Waals surface area contributed by atoms with Gasteiger partial charge in [-0.1, -0.05) is 20.3 Å². The lowest BCUT2D eigenvalue weighted by Gasteiger charge is -2.38. The lowest BCUT2D eigenvalue weighted by molar-refractivity contribution is 0.169. The van der Waals surface area contributed by atoms with Crippen molar-refractivity contribution < 1.29 is 8.42 Å². The Morgan fingerprint density at radius 1 is 1.40 bits per heavy atom. The molecule has 1 aromatic rings. The monoisotopic (exact) mass is 297 g/mol. The third kappa shape index (κ3) is 2.81. The second-order valence-corrected chi connectivity index (χ2v) is 7.60. The summed E-state index contributed by atoms with van der Waals surface area (Å²) in [5.74, 6) is 0. The molecule has 0 radical (unpaired) electrons. The molecule has 1 fully saturated rings. The van der Waals surface area contributed by atoms with Crippen molar-refractivity contribution in [3.05, 3.63) is 18.5 Å². The fraction of sp³-hybridized carbons (Fsp3) is 0.643. The molecule has 1 aliphatic heterocycles. The van der Waals surface area contributed by atoms with E-state index >= 15 is 0 Å². The highest BCUT2D eigenvalue weighted by atomic mass is 32.2. The maximum atomic E-state index is 12.7. The minimum Gasteiger partial charge on any atom is -0.387 e. The van der Waals surface area contributed by atoms with E-state index < -0.39 is 10.0 Å². The number of piperidine rings is 1. The van der Waals surface area contributed by atoms with E-state index in [1.807, 2.05) is 0 Å². The summed E-state index contributed by atoms with van der Waals surface area (Å²) in [7, 11) is -1.73. The fourth-order valence-electron chi connectivity index (χ4n) is 2.55. The van der Waals surface area contributed by atoms with Crippen molar-refractivity contribution >= 4 is 15.7 Å². The number of nitrogens with zero attached hydrogens (tertiary/aromatic N) is 2. The van der Waals surface area contributed by atoms with Crippen LogP contribution in [0, 0.1) is 5.41 Å². The van der Waals surface area contributed by atoms with E-state index in [1.165, 1.54) is 6.20 Å². The van der Waals surface area contributed by atoms with E-state index in [2.05, 4.69) is 24.1 Å². The van der Waals surface area contributed by atoms with Gasteiger partial charge in [-0.05, 0) is 24.3 Å². The van der Waals surface area contributed by atoms with Crippen molar-refractivity contribution in [3.63, 3.8) is 0 Å². The van der Waals surface area contributed by atoms with Crippen LogP contribution >= 0.6 is 0 Å². The van der Waals surface area contributed by atoms with Crippen molar-refractivity contribution in [2.75, 3.05) is 25.5 Å². The van der Waals surface area contributed by atoms with Crippen molar-refractivity contribution in [3.8, 4) is 0 Å². The van der Waals surface area contributed by atoms with Crippen LogP contribution in [0.4, 0.5) is 5.69 Å². The summed E-state index contributed by atoms with van der Waals surface area (Å²) in [4.78, 5) is 4.22. The van der Waals surface area contributed by atoms with Gasteiger partial charge in [-0.3, -0.25) is 4.98 Å². The molecule has 0 bridgehead atoms. The highest BCUT2D eigenvalue weighted by Crippen LogP contribution is 2.36. The lowest BCUT2D eigenvalue weighted by atomic mass is 9.79. The first kappa shape index (κ1) is 15.3. The highest BCUT2D eigenvalue weighted by Gasteiger charge is 2.35. The molecular formula is C14H23N3O2S.